The second-order valence-electron chi connectivity index (χ2n) is 10.9. The van der Waals surface area contributed by atoms with E-state index in [1.54, 1.807) is 17.2 Å². The highest BCUT2D eigenvalue weighted by atomic mass is 16.5. The van der Waals surface area contributed by atoms with Crippen LogP contribution >= 0.6 is 0 Å². The summed E-state index contributed by atoms with van der Waals surface area (Å²) in [5.41, 5.74) is 2.05. The summed E-state index contributed by atoms with van der Waals surface area (Å²) in [5, 5.41) is 12.0. The highest BCUT2D eigenvalue weighted by molar-refractivity contribution is 5.98. The third-order valence-corrected chi connectivity index (χ3v) is 7.59. The Labute approximate surface area is 231 Å². The zero-order chi connectivity index (χ0) is 27.8. The summed E-state index contributed by atoms with van der Waals surface area (Å²) in [5.74, 6) is 0.0810. The zero-order valence-electron chi connectivity index (χ0n) is 23.1. The van der Waals surface area contributed by atoms with Crippen molar-refractivity contribution in [1.29, 1.82) is 5.26 Å². The van der Waals surface area contributed by atoms with Gasteiger partial charge in [-0.1, -0.05) is 19.9 Å². The van der Waals surface area contributed by atoms with Crippen LogP contribution in [-0.4, -0.2) is 102 Å². The molecule has 4 rings (SSSR count). The van der Waals surface area contributed by atoms with Crippen LogP contribution in [0.5, 0.6) is 0 Å². The first-order chi connectivity index (χ1) is 18.9. The maximum Gasteiger partial charge on any atom is 0.252 e. The van der Waals surface area contributed by atoms with Crippen LogP contribution in [0.4, 0.5) is 0 Å². The van der Waals surface area contributed by atoms with Crippen LogP contribution in [0.15, 0.2) is 18.3 Å². The average molecular weight is 537 g/mol. The fourth-order valence-electron chi connectivity index (χ4n) is 5.44. The van der Waals surface area contributed by atoms with Crippen LogP contribution in [0.25, 0.3) is 6.08 Å². The number of nitriles is 1. The van der Waals surface area contributed by atoms with E-state index in [0.717, 1.165) is 56.8 Å². The Morgan fingerprint density at radius 1 is 1.18 bits per heavy atom. The van der Waals surface area contributed by atoms with Crippen LogP contribution in [0.3, 0.4) is 0 Å². The molecule has 1 aromatic heterocycles. The molecular weight excluding hydrogens is 496 g/mol. The van der Waals surface area contributed by atoms with Crippen molar-refractivity contribution in [3.8, 4) is 6.07 Å². The van der Waals surface area contributed by atoms with Gasteiger partial charge in [0.1, 0.15) is 6.04 Å². The molecule has 2 atom stereocenters. The third-order valence-electron chi connectivity index (χ3n) is 7.59. The number of hydrogen-bond donors (Lipinski definition) is 1. The fourth-order valence-corrected chi connectivity index (χ4v) is 5.44. The lowest BCUT2D eigenvalue weighted by Crippen LogP contribution is -2.49. The molecule has 2 saturated heterocycles. The Morgan fingerprint density at radius 3 is 2.72 bits per heavy atom. The lowest BCUT2D eigenvalue weighted by Gasteiger charge is -2.35. The molecule has 3 amide bonds. The number of amides is 3. The maximum atomic E-state index is 13.0. The summed E-state index contributed by atoms with van der Waals surface area (Å²) in [6.45, 7) is 9.44. The monoisotopic (exact) mass is 536 g/mol. The minimum atomic E-state index is -0.408. The number of hydrogen-bond acceptors (Lipinski definition) is 7. The molecule has 1 N–H and O–H groups in total. The van der Waals surface area contributed by atoms with E-state index < -0.39 is 6.04 Å². The standard InChI is InChI=1S/C29H40N6O4/c1-21(2)17-27(36)34-14-12-33(13-15-34)10-4-16-39-23-6-7-26-25(18-23)24(8-9-31-26)29(38)32-20-28(37)35-11-3-5-22(35)19-30/h6-9,21-23H,3-5,10-18,20H2,1-2H3,(H,32,38)/t22-,23?/m0/s1. The van der Waals surface area contributed by atoms with Gasteiger partial charge in [-0.05, 0) is 42.9 Å². The van der Waals surface area contributed by atoms with E-state index in [-0.39, 0.29) is 30.4 Å². The number of aromatic nitrogens is 1. The Morgan fingerprint density at radius 2 is 1.97 bits per heavy atom. The van der Waals surface area contributed by atoms with E-state index in [2.05, 4.69) is 35.1 Å². The summed E-state index contributed by atoms with van der Waals surface area (Å²) in [4.78, 5) is 48.1. The Balaban J connectivity index is 1.20. The van der Waals surface area contributed by atoms with E-state index in [4.69, 9.17) is 4.74 Å². The number of likely N-dealkylation sites (tertiary alicyclic amines) is 1. The first-order valence-electron chi connectivity index (χ1n) is 14.1. The minimum Gasteiger partial charge on any atom is -0.374 e. The van der Waals surface area contributed by atoms with E-state index in [0.29, 0.717) is 43.9 Å². The molecule has 10 heteroatoms. The summed E-state index contributed by atoms with van der Waals surface area (Å²) < 4.78 is 6.13. The van der Waals surface area contributed by atoms with Crippen LogP contribution in [0.1, 0.15) is 61.1 Å². The van der Waals surface area contributed by atoms with Crippen molar-refractivity contribution in [1.82, 2.24) is 25.0 Å². The minimum absolute atomic E-state index is 0.135. The van der Waals surface area contributed by atoms with Gasteiger partial charge >= 0.3 is 0 Å². The van der Waals surface area contributed by atoms with Crippen molar-refractivity contribution in [2.24, 2.45) is 5.92 Å². The average Bonchev–Trinajstić information content (AvgIpc) is 3.42. The second-order valence-corrected chi connectivity index (χ2v) is 10.9. The Hall–Kier alpha value is -3.29. The quantitative estimate of drug-likeness (QED) is 0.454. The molecule has 0 spiro atoms. The molecule has 10 nitrogen and oxygen atoms in total. The Bertz CT molecular complexity index is 1110. The van der Waals surface area contributed by atoms with Gasteiger partial charge in [0.25, 0.3) is 5.91 Å². The van der Waals surface area contributed by atoms with Crippen molar-refractivity contribution in [3.05, 3.63) is 35.2 Å². The largest absolute Gasteiger partial charge is 0.374 e. The van der Waals surface area contributed by atoms with Crippen molar-refractivity contribution in [2.75, 3.05) is 52.4 Å². The van der Waals surface area contributed by atoms with Gasteiger partial charge in [-0.15, -0.1) is 0 Å². The van der Waals surface area contributed by atoms with E-state index in [1.165, 1.54) is 0 Å². The molecule has 39 heavy (non-hydrogen) atoms. The molecule has 0 bridgehead atoms. The predicted molar refractivity (Wildman–Crippen MR) is 146 cm³/mol. The summed E-state index contributed by atoms with van der Waals surface area (Å²) in [6, 6.07) is 3.42. The van der Waals surface area contributed by atoms with Crippen LogP contribution in [0.2, 0.25) is 0 Å². The predicted octanol–water partition coefficient (Wildman–Crippen LogP) is 1.86. The SMILES string of the molecule is CC(C)CC(=O)N1CCN(CCCOC2C=Cc3nccc(C(=O)NCC(=O)N4CCC[C@H]4C#N)c3C2)CC1. The maximum absolute atomic E-state index is 13.0. The first kappa shape index (κ1) is 28.7. The molecular formula is C29H40N6O4. The van der Waals surface area contributed by atoms with Crippen molar-refractivity contribution in [2.45, 2.75) is 58.1 Å². The number of carbonyl (C=O) groups excluding carboxylic acids is 3. The van der Waals surface area contributed by atoms with Gasteiger partial charge in [0.05, 0.1) is 24.4 Å². The molecule has 1 aliphatic carbocycles. The summed E-state index contributed by atoms with van der Waals surface area (Å²) >= 11 is 0. The molecule has 1 aromatic rings. The number of ether oxygens (including phenoxy) is 1. The lowest BCUT2D eigenvalue weighted by atomic mass is 9.95. The normalized spacial score (nSPS) is 21.1. The van der Waals surface area contributed by atoms with Gasteiger partial charge in [-0.3, -0.25) is 24.3 Å². The second kappa shape index (κ2) is 13.7. The van der Waals surface area contributed by atoms with Gasteiger partial charge in [0.2, 0.25) is 11.8 Å². The molecule has 0 saturated carbocycles. The summed E-state index contributed by atoms with van der Waals surface area (Å²) in [7, 11) is 0. The highest BCUT2D eigenvalue weighted by Gasteiger charge is 2.29. The van der Waals surface area contributed by atoms with Gasteiger partial charge in [-0.2, -0.15) is 5.26 Å². The van der Waals surface area contributed by atoms with Gasteiger partial charge in [0, 0.05) is 70.5 Å². The number of carbonyl (C=O) groups is 3. The first-order valence-corrected chi connectivity index (χ1v) is 14.1. The molecule has 0 radical (unpaired) electrons. The van der Waals surface area contributed by atoms with E-state index >= 15 is 0 Å². The van der Waals surface area contributed by atoms with Crippen LogP contribution in [-0.2, 0) is 20.7 Å². The van der Waals surface area contributed by atoms with Gasteiger partial charge in [0.15, 0.2) is 0 Å². The lowest BCUT2D eigenvalue weighted by molar-refractivity contribution is -0.133. The fraction of sp³-hybridized carbons (Fsp3) is 0.621. The number of piperazine rings is 1. The number of rotatable bonds is 10. The zero-order valence-corrected chi connectivity index (χ0v) is 23.1. The molecule has 2 aliphatic heterocycles. The molecule has 3 heterocycles. The van der Waals surface area contributed by atoms with E-state index in [1.807, 2.05) is 17.1 Å². The van der Waals surface area contributed by atoms with Crippen LogP contribution < -0.4 is 5.32 Å². The summed E-state index contributed by atoms with van der Waals surface area (Å²) in [6.07, 6.45) is 8.84. The highest BCUT2D eigenvalue weighted by Crippen LogP contribution is 2.23. The molecule has 210 valence electrons. The van der Waals surface area contributed by atoms with Crippen LogP contribution in [0, 0.1) is 17.2 Å². The molecule has 2 fully saturated rings. The molecule has 0 aromatic carbocycles. The number of nitrogens with one attached hydrogen (secondary N) is 1. The number of pyridine rings is 1. The molecule has 1 unspecified atom stereocenters. The van der Waals surface area contributed by atoms with Crippen molar-refractivity contribution < 1.29 is 19.1 Å². The number of nitrogens with zero attached hydrogens (tertiary/aromatic N) is 5. The topological polar surface area (TPSA) is 119 Å². The van der Waals surface area contributed by atoms with Crippen molar-refractivity contribution >= 4 is 23.8 Å². The smallest absolute Gasteiger partial charge is 0.252 e. The Kier molecular flexibility index (Phi) is 10.1. The molecule has 3 aliphatic rings. The number of fused-ring (bicyclic) bond motifs is 1. The third kappa shape index (κ3) is 7.64. The van der Waals surface area contributed by atoms with Gasteiger partial charge in [-0.25, -0.2) is 0 Å². The van der Waals surface area contributed by atoms with E-state index in [9.17, 15) is 19.6 Å². The van der Waals surface area contributed by atoms with Crippen molar-refractivity contribution in [3.63, 3.8) is 0 Å². The van der Waals surface area contributed by atoms with Gasteiger partial charge < -0.3 is 19.9 Å².